The lowest BCUT2D eigenvalue weighted by atomic mass is 10.0. The van der Waals surface area contributed by atoms with Crippen LogP contribution in [0.5, 0.6) is 0 Å². The summed E-state index contributed by atoms with van der Waals surface area (Å²) < 4.78 is 5.46. The molecule has 0 aromatic carbocycles. The van der Waals surface area contributed by atoms with Crippen LogP contribution in [0.25, 0.3) is 0 Å². The summed E-state index contributed by atoms with van der Waals surface area (Å²) >= 11 is 0. The second-order valence-corrected chi connectivity index (χ2v) is 3.93. The van der Waals surface area contributed by atoms with E-state index in [0.717, 1.165) is 5.92 Å². The van der Waals surface area contributed by atoms with Gasteiger partial charge in [0.15, 0.2) is 0 Å². The third-order valence-corrected chi connectivity index (χ3v) is 3.42. The Morgan fingerprint density at radius 2 is 2.55 bits per heavy atom. The Hall–Kier alpha value is -0.720. The summed E-state index contributed by atoms with van der Waals surface area (Å²) in [6.45, 7) is 0. The first kappa shape index (κ1) is 5.87. The fourth-order valence-electron chi connectivity index (χ4n) is 2.72. The Bertz CT molecular complexity index is 262. The molecular formula is C10H12O. The smallest absolute Gasteiger partial charge is 0.110 e. The molecule has 2 aliphatic carbocycles. The van der Waals surface area contributed by atoms with Crippen molar-refractivity contribution in [1.29, 1.82) is 0 Å². The Labute approximate surface area is 66.4 Å². The molecule has 2 saturated carbocycles. The van der Waals surface area contributed by atoms with Gasteiger partial charge in [0.2, 0.25) is 0 Å². The van der Waals surface area contributed by atoms with Crippen LogP contribution in [0.2, 0.25) is 0 Å². The van der Waals surface area contributed by atoms with Crippen molar-refractivity contribution in [2.45, 2.75) is 31.1 Å². The second-order valence-electron chi connectivity index (χ2n) is 3.93. The quantitative estimate of drug-likeness (QED) is 0.596. The normalized spacial score (nSPS) is 40.5. The van der Waals surface area contributed by atoms with Crippen molar-refractivity contribution in [3.63, 3.8) is 0 Å². The summed E-state index contributed by atoms with van der Waals surface area (Å²) in [6.07, 6.45) is 7.40. The van der Waals surface area contributed by atoms with Gasteiger partial charge >= 0.3 is 0 Å². The van der Waals surface area contributed by atoms with Crippen molar-refractivity contribution in [3.05, 3.63) is 24.2 Å². The summed E-state index contributed by atoms with van der Waals surface area (Å²) in [4.78, 5) is 0. The fourth-order valence-corrected chi connectivity index (χ4v) is 2.72. The Kier molecular flexibility index (Phi) is 0.913. The lowest BCUT2D eigenvalue weighted by Crippen LogP contribution is -2.02. The van der Waals surface area contributed by atoms with Crippen LogP contribution in [0.3, 0.4) is 0 Å². The van der Waals surface area contributed by atoms with Gasteiger partial charge in [-0.05, 0) is 37.3 Å². The molecule has 1 nitrogen and oxygen atoms in total. The molecule has 0 N–H and O–H groups in total. The van der Waals surface area contributed by atoms with E-state index in [1.807, 2.05) is 6.07 Å². The van der Waals surface area contributed by atoms with Gasteiger partial charge < -0.3 is 4.42 Å². The summed E-state index contributed by atoms with van der Waals surface area (Å²) in [6, 6.07) is 4.16. The predicted octanol–water partition coefficient (Wildman–Crippen LogP) is 2.72. The third kappa shape index (κ3) is 0.615. The summed E-state index contributed by atoms with van der Waals surface area (Å²) in [7, 11) is 0. The van der Waals surface area contributed by atoms with Gasteiger partial charge in [0.1, 0.15) is 5.76 Å². The molecule has 3 rings (SSSR count). The zero-order valence-electron chi connectivity index (χ0n) is 6.55. The topological polar surface area (TPSA) is 13.1 Å². The van der Waals surface area contributed by atoms with E-state index in [1.165, 1.54) is 31.4 Å². The predicted molar refractivity (Wildman–Crippen MR) is 42.3 cm³/mol. The molecule has 2 atom stereocenters. The molecular weight excluding hydrogens is 136 g/mol. The molecule has 0 bridgehead atoms. The highest BCUT2D eigenvalue weighted by Crippen LogP contribution is 2.64. The van der Waals surface area contributed by atoms with Crippen molar-refractivity contribution in [2.24, 2.45) is 5.92 Å². The van der Waals surface area contributed by atoms with Crippen LogP contribution in [-0.2, 0) is 5.41 Å². The zero-order chi connectivity index (χ0) is 7.31. The van der Waals surface area contributed by atoms with Crippen molar-refractivity contribution < 1.29 is 4.42 Å². The minimum absolute atomic E-state index is 0.517. The molecule has 11 heavy (non-hydrogen) atoms. The van der Waals surface area contributed by atoms with Gasteiger partial charge in [-0.2, -0.15) is 0 Å². The average molecular weight is 148 g/mol. The molecule has 0 spiro atoms. The number of hydrogen-bond donors (Lipinski definition) is 0. The molecule has 1 aromatic rings. The second kappa shape index (κ2) is 1.71. The number of fused-ring (bicyclic) bond motifs is 1. The highest BCUT2D eigenvalue weighted by atomic mass is 16.3. The maximum atomic E-state index is 5.46. The molecule has 2 fully saturated rings. The minimum atomic E-state index is 0.517. The van der Waals surface area contributed by atoms with E-state index in [0.29, 0.717) is 5.41 Å². The van der Waals surface area contributed by atoms with Crippen LogP contribution in [0.1, 0.15) is 31.4 Å². The van der Waals surface area contributed by atoms with E-state index < -0.39 is 0 Å². The van der Waals surface area contributed by atoms with Gasteiger partial charge in [0, 0.05) is 5.41 Å². The monoisotopic (exact) mass is 148 g/mol. The number of hydrogen-bond acceptors (Lipinski definition) is 1. The van der Waals surface area contributed by atoms with Crippen LogP contribution >= 0.6 is 0 Å². The van der Waals surface area contributed by atoms with E-state index in [1.54, 1.807) is 6.26 Å². The maximum absolute atomic E-state index is 5.46. The number of furan rings is 1. The van der Waals surface area contributed by atoms with Gasteiger partial charge in [-0.25, -0.2) is 0 Å². The van der Waals surface area contributed by atoms with Gasteiger partial charge in [-0.15, -0.1) is 0 Å². The van der Waals surface area contributed by atoms with E-state index in [-0.39, 0.29) is 0 Å². The van der Waals surface area contributed by atoms with Crippen molar-refractivity contribution in [2.75, 3.05) is 0 Å². The van der Waals surface area contributed by atoms with E-state index >= 15 is 0 Å². The Morgan fingerprint density at radius 1 is 1.55 bits per heavy atom. The largest absolute Gasteiger partial charge is 0.469 e. The standard InChI is InChI=1S/C10H12O/c1-3-8-7-10(8,5-1)9-4-2-6-11-9/h2,4,6,8H,1,3,5,7H2. The maximum Gasteiger partial charge on any atom is 0.110 e. The summed E-state index contributed by atoms with van der Waals surface area (Å²) in [5.74, 6) is 2.22. The van der Waals surface area contributed by atoms with Crippen molar-refractivity contribution in [3.8, 4) is 0 Å². The first-order chi connectivity index (χ1) is 5.42. The van der Waals surface area contributed by atoms with E-state index in [2.05, 4.69) is 6.07 Å². The SMILES string of the molecule is c1coc(C23CCCC2C3)c1. The molecule has 0 aliphatic heterocycles. The molecule has 0 saturated heterocycles. The first-order valence-electron chi connectivity index (χ1n) is 4.46. The highest BCUT2D eigenvalue weighted by molar-refractivity contribution is 5.28. The van der Waals surface area contributed by atoms with E-state index in [9.17, 15) is 0 Å². The molecule has 0 radical (unpaired) electrons. The van der Waals surface area contributed by atoms with Crippen molar-refractivity contribution in [1.82, 2.24) is 0 Å². The van der Waals surface area contributed by atoms with Crippen LogP contribution in [-0.4, -0.2) is 0 Å². The van der Waals surface area contributed by atoms with Crippen LogP contribution < -0.4 is 0 Å². The molecule has 2 unspecified atom stereocenters. The first-order valence-corrected chi connectivity index (χ1v) is 4.46. The molecule has 1 aromatic heterocycles. The molecule has 58 valence electrons. The van der Waals surface area contributed by atoms with Crippen LogP contribution in [0, 0.1) is 5.92 Å². The van der Waals surface area contributed by atoms with Gasteiger partial charge in [0.25, 0.3) is 0 Å². The Morgan fingerprint density at radius 3 is 3.09 bits per heavy atom. The van der Waals surface area contributed by atoms with Crippen LogP contribution in [0.4, 0.5) is 0 Å². The average Bonchev–Trinajstić information content (AvgIpc) is 2.56. The third-order valence-electron chi connectivity index (χ3n) is 3.42. The van der Waals surface area contributed by atoms with Crippen molar-refractivity contribution >= 4 is 0 Å². The zero-order valence-corrected chi connectivity index (χ0v) is 6.55. The lowest BCUT2D eigenvalue weighted by Gasteiger charge is -2.05. The van der Waals surface area contributed by atoms with Crippen LogP contribution in [0.15, 0.2) is 22.8 Å². The molecule has 1 heteroatoms. The minimum Gasteiger partial charge on any atom is -0.469 e. The molecule has 1 heterocycles. The summed E-state index contributed by atoms with van der Waals surface area (Å²) in [5, 5.41) is 0. The van der Waals surface area contributed by atoms with E-state index in [4.69, 9.17) is 4.42 Å². The fraction of sp³-hybridized carbons (Fsp3) is 0.600. The van der Waals surface area contributed by atoms with Gasteiger partial charge in [-0.1, -0.05) is 6.42 Å². The lowest BCUT2D eigenvalue weighted by molar-refractivity contribution is 0.441. The highest BCUT2D eigenvalue weighted by Gasteiger charge is 2.59. The molecule has 2 aliphatic rings. The van der Waals surface area contributed by atoms with Gasteiger partial charge in [-0.3, -0.25) is 0 Å². The number of rotatable bonds is 1. The Balaban J connectivity index is 2.01. The summed E-state index contributed by atoms with van der Waals surface area (Å²) in [5.41, 5.74) is 0.517. The van der Waals surface area contributed by atoms with Gasteiger partial charge in [0.05, 0.1) is 6.26 Å². The molecule has 0 amide bonds.